The lowest BCUT2D eigenvalue weighted by molar-refractivity contribution is 0.0891. The van der Waals surface area contributed by atoms with Crippen LogP contribution in [0.15, 0.2) is 17.0 Å². The van der Waals surface area contributed by atoms with Crippen molar-refractivity contribution in [3.8, 4) is 0 Å². The number of nitrogens with one attached hydrogen (secondary N) is 1. The summed E-state index contributed by atoms with van der Waals surface area (Å²) < 4.78 is 25.8. The van der Waals surface area contributed by atoms with Crippen LogP contribution in [0.25, 0.3) is 0 Å². The Morgan fingerprint density at radius 1 is 1.16 bits per heavy atom. The van der Waals surface area contributed by atoms with Crippen LogP contribution in [0.4, 0.5) is 0 Å². The van der Waals surface area contributed by atoms with Crippen LogP contribution in [0.5, 0.6) is 0 Å². The molecule has 0 spiro atoms. The first-order chi connectivity index (χ1) is 11.6. The van der Waals surface area contributed by atoms with Crippen molar-refractivity contribution in [2.75, 3.05) is 14.1 Å². The van der Waals surface area contributed by atoms with E-state index in [0.29, 0.717) is 11.8 Å². The van der Waals surface area contributed by atoms with Gasteiger partial charge in [-0.3, -0.25) is 4.79 Å². The van der Waals surface area contributed by atoms with Crippen molar-refractivity contribution >= 4 is 39.1 Å². The van der Waals surface area contributed by atoms with E-state index in [9.17, 15) is 13.2 Å². The number of sulfonamides is 1. The van der Waals surface area contributed by atoms with E-state index >= 15 is 0 Å². The number of carbonyl (C=O) groups excluding carboxylic acids is 1. The molecule has 1 saturated carbocycles. The van der Waals surface area contributed by atoms with Crippen molar-refractivity contribution in [2.24, 2.45) is 11.8 Å². The lowest BCUT2D eigenvalue weighted by Gasteiger charge is -2.34. The number of halogens is 2. The lowest BCUT2D eigenvalue weighted by Crippen LogP contribution is -2.43. The fourth-order valence-electron chi connectivity index (χ4n) is 3.13. The van der Waals surface area contributed by atoms with Crippen molar-refractivity contribution in [3.63, 3.8) is 0 Å². The van der Waals surface area contributed by atoms with Crippen LogP contribution in [-0.2, 0) is 10.0 Å². The highest BCUT2D eigenvalue weighted by Gasteiger charge is 2.30. The van der Waals surface area contributed by atoms with Crippen molar-refractivity contribution in [2.45, 2.75) is 44.0 Å². The predicted octanol–water partition coefficient (Wildman–Crippen LogP) is 3.80. The highest BCUT2D eigenvalue weighted by molar-refractivity contribution is 7.89. The number of rotatable bonds is 4. The van der Waals surface area contributed by atoms with Crippen LogP contribution in [0.3, 0.4) is 0 Å². The SMILES string of the molecule is C[C@@H]1[C@@H](C)CCC[C@H]1NC(=O)c1cc(S(=O)(=O)N(C)C)c(Cl)cc1Cl. The first-order valence-electron chi connectivity index (χ1n) is 8.28. The Morgan fingerprint density at radius 3 is 2.40 bits per heavy atom. The molecule has 1 amide bonds. The Balaban J connectivity index is 2.34. The molecule has 140 valence electrons. The third-order valence-corrected chi connectivity index (χ3v) is 7.64. The van der Waals surface area contributed by atoms with Gasteiger partial charge in [0.25, 0.3) is 5.91 Å². The van der Waals surface area contributed by atoms with E-state index < -0.39 is 10.0 Å². The zero-order valence-corrected chi connectivity index (χ0v) is 17.2. The molecule has 0 aliphatic heterocycles. The number of amides is 1. The monoisotopic (exact) mass is 406 g/mol. The van der Waals surface area contributed by atoms with Crippen molar-refractivity contribution in [1.82, 2.24) is 9.62 Å². The minimum atomic E-state index is -3.77. The largest absolute Gasteiger partial charge is 0.349 e. The fraction of sp³-hybridized carbons (Fsp3) is 0.588. The van der Waals surface area contributed by atoms with Gasteiger partial charge in [-0.05, 0) is 30.4 Å². The van der Waals surface area contributed by atoms with E-state index in [0.717, 1.165) is 23.6 Å². The Bertz CT molecular complexity index is 765. The summed E-state index contributed by atoms with van der Waals surface area (Å²) in [5, 5.41) is 3.14. The standard InChI is InChI=1S/C17H24Cl2N2O3S/c1-10-6-5-7-15(11(10)2)20-17(22)12-8-16(14(19)9-13(12)18)25(23,24)21(3)4/h8-11,15H,5-7H2,1-4H3,(H,20,22)/t10-,11+,15+/m0/s1. The number of hydrogen-bond donors (Lipinski definition) is 1. The van der Waals surface area contributed by atoms with Crippen molar-refractivity contribution in [3.05, 3.63) is 27.7 Å². The Kier molecular flexibility index (Phi) is 6.41. The normalized spacial score (nSPS) is 24.4. The van der Waals surface area contributed by atoms with Gasteiger partial charge in [-0.25, -0.2) is 12.7 Å². The smallest absolute Gasteiger partial charge is 0.253 e. The van der Waals surface area contributed by atoms with E-state index in [1.54, 1.807) is 0 Å². The first-order valence-corrected chi connectivity index (χ1v) is 10.5. The van der Waals surface area contributed by atoms with Gasteiger partial charge in [-0.1, -0.05) is 49.9 Å². The molecule has 0 heterocycles. The van der Waals surface area contributed by atoms with Gasteiger partial charge >= 0.3 is 0 Å². The molecular formula is C17H24Cl2N2O3S. The zero-order valence-electron chi connectivity index (χ0n) is 14.8. The molecular weight excluding hydrogens is 383 g/mol. The zero-order chi connectivity index (χ0) is 18.9. The Labute approximate surface area is 159 Å². The number of nitrogens with zero attached hydrogens (tertiary/aromatic N) is 1. The Hall–Kier alpha value is -0.820. The van der Waals surface area contributed by atoms with Crippen LogP contribution >= 0.6 is 23.2 Å². The summed E-state index contributed by atoms with van der Waals surface area (Å²) >= 11 is 12.2. The summed E-state index contributed by atoms with van der Waals surface area (Å²) in [6.07, 6.45) is 3.12. The van der Waals surface area contributed by atoms with E-state index in [1.165, 1.54) is 26.2 Å². The number of benzene rings is 1. The second kappa shape index (κ2) is 7.82. The maximum absolute atomic E-state index is 12.7. The highest BCUT2D eigenvalue weighted by Crippen LogP contribution is 2.32. The van der Waals surface area contributed by atoms with Crippen LogP contribution in [0, 0.1) is 11.8 Å². The van der Waals surface area contributed by atoms with Crippen LogP contribution in [0.1, 0.15) is 43.5 Å². The molecule has 0 unspecified atom stereocenters. The van der Waals surface area contributed by atoms with Gasteiger partial charge in [0.05, 0.1) is 15.6 Å². The quantitative estimate of drug-likeness (QED) is 0.826. The molecule has 25 heavy (non-hydrogen) atoms. The first kappa shape index (κ1) is 20.5. The highest BCUT2D eigenvalue weighted by atomic mass is 35.5. The molecule has 0 radical (unpaired) electrons. The maximum Gasteiger partial charge on any atom is 0.253 e. The number of hydrogen-bond acceptors (Lipinski definition) is 3. The summed E-state index contributed by atoms with van der Waals surface area (Å²) in [6.45, 7) is 4.31. The molecule has 0 bridgehead atoms. The minimum Gasteiger partial charge on any atom is -0.349 e. The number of carbonyl (C=O) groups is 1. The van der Waals surface area contributed by atoms with Gasteiger partial charge in [0, 0.05) is 20.1 Å². The molecule has 0 saturated heterocycles. The summed E-state index contributed by atoms with van der Waals surface area (Å²) in [5.74, 6) is 0.515. The Morgan fingerprint density at radius 2 is 1.80 bits per heavy atom. The molecule has 1 aromatic rings. The summed E-state index contributed by atoms with van der Waals surface area (Å²) in [5.41, 5.74) is 0.122. The molecule has 2 rings (SSSR count). The van der Waals surface area contributed by atoms with Gasteiger partial charge in [0.2, 0.25) is 10.0 Å². The van der Waals surface area contributed by atoms with Gasteiger partial charge in [-0.2, -0.15) is 0 Å². The van der Waals surface area contributed by atoms with Gasteiger partial charge in [0.1, 0.15) is 4.90 Å². The summed E-state index contributed by atoms with van der Waals surface area (Å²) in [4.78, 5) is 12.6. The molecule has 3 atom stereocenters. The molecule has 1 fully saturated rings. The van der Waals surface area contributed by atoms with Crippen LogP contribution in [0.2, 0.25) is 10.0 Å². The molecule has 1 aromatic carbocycles. The molecule has 5 nitrogen and oxygen atoms in total. The fourth-order valence-corrected chi connectivity index (χ4v) is 4.86. The van der Waals surface area contributed by atoms with E-state index in [1.807, 2.05) is 0 Å². The van der Waals surface area contributed by atoms with Crippen molar-refractivity contribution < 1.29 is 13.2 Å². The van der Waals surface area contributed by atoms with Crippen LogP contribution < -0.4 is 5.32 Å². The second-order valence-electron chi connectivity index (χ2n) is 6.90. The third-order valence-electron chi connectivity index (χ3n) is 5.05. The van der Waals surface area contributed by atoms with Gasteiger partial charge in [-0.15, -0.1) is 0 Å². The van der Waals surface area contributed by atoms with E-state index in [2.05, 4.69) is 19.2 Å². The molecule has 1 aliphatic rings. The second-order valence-corrected chi connectivity index (χ2v) is 9.83. The minimum absolute atomic E-state index is 0.00472. The molecule has 1 aliphatic carbocycles. The average molecular weight is 407 g/mol. The third kappa shape index (κ3) is 4.30. The van der Waals surface area contributed by atoms with E-state index in [-0.39, 0.29) is 32.5 Å². The average Bonchev–Trinajstić information content (AvgIpc) is 2.51. The molecule has 1 N–H and O–H groups in total. The van der Waals surface area contributed by atoms with Crippen LogP contribution in [-0.4, -0.2) is 38.8 Å². The predicted molar refractivity (Wildman–Crippen MR) is 101 cm³/mol. The maximum atomic E-state index is 12.7. The van der Waals surface area contributed by atoms with Gasteiger partial charge in [0.15, 0.2) is 0 Å². The summed E-state index contributed by atoms with van der Waals surface area (Å²) in [6, 6.07) is 2.62. The van der Waals surface area contributed by atoms with Gasteiger partial charge < -0.3 is 5.32 Å². The molecule has 8 heteroatoms. The summed E-state index contributed by atoms with van der Waals surface area (Å²) in [7, 11) is -0.955. The van der Waals surface area contributed by atoms with E-state index in [4.69, 9.17) is 23.2 Å². The van der Waals surface area contributed by atoms with Crippen molar-refractivity contribution in [1.29, 1.82) is 0 Å². The lowest BCUT2D eigenvalue weighted by atomic mass is 9.78. The topological polar surface area (TPSA) is 66.5 Å². The molecule has 0 aromatic heterocycles.